The van der Waals surface area contributed by atoms with Crippen LogP contribution in [0.5, 0.6) is 0 Å². The molecule has 0 aliphatic heterocycles. The van der Waals surface area contributed by atoms with Gasteiger partial charge in [-0.05, 0) is 18.2 Å². The van der Waals surface area contributed by atoms with Crippen molar-refractivity contribution in [2.45, 2.75) is 0 Å². The second-order valence-electron chi connectivity index (χ2n) is 3.43. The number of hydrogen-bond acceptors (Lipinski definition) is 2. The topological polar surface area (TPSA) is 70.9 Å². The van der Waals surface area contributed by atoms with Crippen LogP contribution < -0.4 is 11.1 Å². The van der Waals surface area contributed by atoms with E-state index in [1.54, 1.807) is 12.1 Å². The number of hydrogen-bond donors (Lipinski definition) is 3. The Morgan fingerprint density at radius 3 is 3.00 bits per heavy atom. The highest BCUT2D eigenvalue weighted by atomic mass is 19.1. The molecule has 1 heterocycles. The third-order valence-corrected chi connectivity index (χ3v) is 2.29. The van der Waals surface area contributed by atoms with E-state index < -0.39 is 0 Å². The van der Waals surface area contributed by atoms with Crippen molar-refractivity contribution in [3.8, 4) is 0 Å². The maximum absolute atomic E-state index is 13.3. The molecule has 2 rings (SSSR count). The first-order chi connectivity index (χ1) is 7.72. The monoisotopic (exact) mass is 221 g/mol. The molecule has 2 aromatic rings. The van der Waals surface area contributed by atoms with Crippen LogP contribution in [0.1, 0.15) is 10.5 Å². The van der Waals surface area contributed by atoms with Gasteiger partial charge >= 0.3 is 0 Å². The SMILES string of the molecule is NCCNC(=O)c1cc2c(F)cccc2[nH]1. The number of aromatic amines is 1. The Labute approximate surface area is 91.6 Å². The number of benzene rings is 1. The molecule has 4 nitrogen and oxygen atoms in total. The van der Waals surface area contributed by atoms with Gasteiger partial charge in [0.15, 0.2) is 0 Å². The Bertz CT molecular complexity index is 521. The summed E-state index contributed by atoms with van der Waals surface area (Å²) in [7, 11) is 0. The maximum Gasteiger partial charge on any atom is 0.267 e. The van der Waals surface area contributed by atoms with Gasteiger partial charge in [-0.3, -0.25) is 4.79 Å². The first-order valence-electron chi connectivity index (χ1n) is 4.98. The van der Waals surface area contributed by atoms with Crippen LogP contribution in [-0.2, 0) is 0 Å². The number of fused-ring (bicyclic) bond motifs is 1. The molecule has 84 valence electrons. The predicted octanol–water partition coefficient (Wildman–Crippen LogP) is 0.996. The summed E-state index contributed by atoms with van der Waals surface area (Å²) in [5.41, 5.74) is 6.22. The lowest BCUT2D eigenvalue weighted by Gasteiger charge is -1.99. The summed E-state index contributed by atoms with van der Waals surface area (Å²) in [6.07, 6.45) is 0. The lowest BCUT2D eigenvalue weighted by molar-refractivity contribution is 0.0950. The molecule has 0 spiro atoms. The van der Waals surface area contributed by atoms with Gasteiger partial charge in [0.1, 0.15) is 11.5 Å². The second kappa shape index (κ2) is 4.32. The van der Waals surface area contributed by atoms with Crippen molar-refractivity contribution >= 4 is 16.8 Å². The van der Waals surface area contributed by atoms with Crippen molar-refractivity contribution in [1.82, 2.24) is 10.3 Å². The first-order valence-corrected chi connectivity index (χ1v) is 4.98. The van der Waals surface area contributed by atoms with Crippen molar-refractivity contribution in [3.05, 3.63) is 35.8 Å². The van der Waals surface area contributed by atoms with Crippen molar-refractivity contribution in [3.63, 3.8) is 0 Å². The number of nitrogens with two attached hydrogens (primary N) is 1. The van der Waals surface area contributed by atoms with E-state index in [0.717, 1.165) is 0 Å². The molecule has 0 unspecified atom stereocenters. The summed E-state index contributed by atoms with van der Waals surface area (Å²) < 4.78 is 13.3. The van der Waals surface area contributed by atoms with E-state index in [1.165, 1.54) is 12.1 Å². The zero-order chi connectivity index (χ0) is 11.5. The van der Waals surface area contributed by atoms with Gasteiger partial charge < -0.3 is 16.0 Å². The Morgan fingerprint density at radius 2 is 2.31 bits per heavy atom. The number of H-pyrrole nitrogens is 1. The summed E-state index contributed by atoms with van der Waals surface area (Å²) in [5.74, 6) is -0.618. The molecule has 1 amide bonds. The minimum Gasteiger partial charge on any atom is -0.350 e. The highest BCUT2D eigenvalue weighted by Gasteiger charge is 2.10. The van der Waals surface area contributed by atoms with Crippen LogP contribution in [0.25, 0.3) is 10.9 Å². The fourth-order valence-electron chi connectivity index (χ4n) is 1.52. The highest BCUT2D eigenvalue weighted by molar-refractivity contribution is 5.98. The molecular weight excluding hydrogens is 209 g/mol. The predicted molar refractivity (Wildman–Crippen MR) is 59.6 cm³/mol. The molecule has 16 heavy (non-hydrogen) atoms. The zero-order valence-electron chi connectivity index (χ0n) is 8.59. The number of rotatable bonds is 3. The summed E-state index contributed by atoms with van der Waals surface area (Å²) >= 11 is 0. The Balaban J connectivity index is 2.32. The van der Waals surface area contributed by atoms with Crippen molar-refractivity contribution in [2.75, 3.05) is 13.1 Å². The zero-order valence-corrected chi connectivity index (χ0v) is 8.59. The Kier molecular flexibility index (Phi) is 2.87. The van der Waals surface area contributed by atoms with Crippen LogP contribution in [0.15, 0.2) is 24.3 Å². The highest BCUT2D eigenvalue weighted by Crippen LogP contribution is 2.18. The molecule has 0 aliphatic carbocycles. The summed E-state index contributed by atoms with van der Waals surface area (Å²) in [5, 5.41) is 3.03. The Hall–Kier alpha value is -1.88. The number of carbonyl (C=O) groups excluding carboxylic acids is 1. The Morgan fingerprint density at radius 1 is 1.50 bits per heavy atom. The minimum atomic E-state index is -0.341. The van der Waals surface area contributed by atoms with E-state index in [9.17, 15) is 9.18 Å². The number of nitrogens with one attached hydrogen (secondary N) is 2. The summed E-state index contributed by atoms with van der Waals surface area (Å²) in [6.45, 7) is 0.775. The smallest absolute Gasteiger partial charge is 0.267 e. The van der Waals surface area contributed by atoms with Gasteiger partial charge in [-0.2, -0.15) is 0 Å². The molecule has 0 bridgehead atoms. The average Bonchev–Trinajstić information content (AvgIpc) is 2.71. The number of aromatic nitrogens is 1. The third kappa shape index (κ3) is 1.90. The second-order valence-corrected chi connectivity index (χ2v) is 3.43. The van der Waals surface area contributed by atoms with Gasteiger partial charge in [-0.15, -0.1) is 0 Å². The van der Waals surface area contributed by atoms with E-state index >= 15 is 0 Å². The van der Waals surface area contributed by atoms with E-state index in [0.29, 0.717) is 29.7 Å². The van der Waals surface area contributed by atoms with Gasteiger partial charge in [0.25, 0.3) is 5.91 Å². The van der Waals surface area contributed by atoms with Crippen molar-refractivity contribution in [2.24, 2.45) is 5.73 Å². The number of halogens is 1. The molecule has 4 N–H and O–H groups in total. The quantitative estimate of drug-likeness (QED) is 0.723. The van der Waals surface area contributed by atoms with Crippen LogP contribution in [0.4, 0.5) is 4.39 Å². The van der Waals surface area contributed by atoms with E-state index in [1.807, 2.05) is 0 Å². The maximum atomic E-state index is 13.3. The average molecular weight is 221 g/mol. The number of carbonyl (C=O) groups is 1. The van der Waals surface area contributed by atoms with Gasteiger partial charge in [-0.25, -0.2) is 4.39 Å². The molecule has 0 radical (unpaired) electrons. The molecule has 0 saturated carbocycles. The largest absolute Gasteiger partial charge is 0.350 e. The van der Waals surface area contributed by atoms with Crippen LogP contribution >= 0.6 is 0 Å². The molecule has 1 aromatic carbocycles. The molecule has 0 fully saturated rings. The molecule has 0 saturated heterocycles. The molecule has 0 atom stereocenters. The van der Waals surface area contributed by atoms with Gasteiger partial charge in [0, 0.05) is 24.0 Å². The lowest BCUT2D eigenvalue weighted by atomic mass is 10.2. The summed E-state index contributed by atoms with van der Waals surface area (Å²) in [4.78, 5) is 14.4. The lowest BCUT2D eigenvalue weighted by Crippen LogP contribution is -2.29. The van der Waals surface area contributed by atoms with E-state index in [-0.39, 0.29) is 11.7 Å². The van der Waals surface area contributed by atoms with Gasteiger partial charge in [0.05, 0.1) is 0 Å². The molecule has 5 heteroatoms. The van der Waals surface area contributed by atoms with E-state index in [2.05, 4.69) is 10.3 Å². The van der Waals surface area contributed by atoms with Crippen LogP contribution in [0.2, 0.25) is 0 Å². The fraction of sp³-hybridized carbons (Fsp3) is 0.182. The molecule has 1 aromatic heterocycles. The van der Waals surface area contributed by atoms with Crippen LogP contribution in [0.3, 0.4) is 0 Å². The summed E-state index contributed by atoms with van der Waals surface area (Å²) in [6, 6.07) is 6.17. The fourth-order valence-corrected chi connectivity index (χ4v) is 1.52. The van der Waals surface area contributed by atoms with E-state index in [4.69, 9.17) is 5.73 Å². The third-order valence-electron chi connectivity index (χ3n) is 2.29. The van der Waals surface area contributed by atoms with Crippen LogP contribution in [0, 0.1) is 5.82 Å². The standard InChI is InChI=1S/C11H12FN3O/c12-8-2-1-3-9-7(8)6-10(15-9)11(16)14-5-4-13/h1-3,6,15H,4-5,13H2,(H,14,16). The van der Waals surface area contributed by atoms with Gasteiger partial charge in [0.2, 0.25) is 0 Å². The number of amides is 1. The molecular formula is C11H12FN3O. The van der Waals surface area contributed by atoms with Gasteiger partial charge in [-0.1, -0.05) is 6.07 Å². The first kappa shape index (κ1) is 10.6. The molecule has 0 aliphatic rings. The normalized spacial score (nSPS) is 10.6. The van der Waals surface area contributed by atoms with Crippen molar-refractivity contribution in [1.29, 1.82) is 0 Å². The minimum absolute atomic E-state index is 0.277. The van der Waals surface area contributed by atoms with Crippen LogP contribution in [-0.4, -0.2) is 24.0 Å². The van der Waals surface area contributed by atoms with Crippen molar-refractivity contribution < 1.29 is 9.18 Å².